The van der Waals surface area contributed by atoms with E-state index in [2.05, 4.69) is 40.3 Å². The maximum Gasteiger partial charge on any atom is 0.133 e. The van der Waals surface area contributed by atoms with Gasteiger partial charge in [0.1, 0.15) is 5.75 Å². The van der Waals surface area contributed by atoms with Gasteiger partial charge in [-0.25, -0.2) is 0 Å². The molecule has 0 saturated carbocycles. The summed E-state index contributed by atoms with van der Waals surface area (Å²) < 4.78 is 12.5. The van der Waals surface area contributed by atoms with E-state index in [1.165, 1.54) is 5.56 Å². The zero-order chi connectivity index (χ0) is 13.7. The Labute approximate surface area is 123 Å². The number of halogens is 1. The first-order chi connectivity index (χ1) is 9.26. The lowest BCUT2D eigenvalue weighted by molar-refractivity contribution is 0.0807. The van der Waals surface area contributed by atoms with Crippen molar-refractivity contribution in [3.05, 3.63) is 28.2 Å². The summed E-state index contributed by atoms with van der Waals surface area (Å²) in [6, 6.07) is 6.54. The van der Waals surface area contributed by atoms with Crippen molar-refractivity contribution in [2.75, 3.05) is 20.3 Å². The summed E-state index contributed by atoms with van der Waals surface area (Å²) in [6.45, 7) is 3.73. The Morgan fingerprint density at radius 2 is 2.37 bits per heavy atom. The van der Waals surface area contributed by atoms with Crippen LogP contribution in [-0.2, 0) is 4.74 Å². The lowest BCUT2D eigenvalue weighted by Gasteiger charge is -2.23. The van der Waals surface area contributed by atoms with Crippen molar-refractivity contribution < 1.29 is 9.47 Å². The molecule has 3 nitrogen and oxygen atoms in total. The van der Waals surface area contributed by atoms with E-state index in [4.69, 9.17) is 9.47 Å². The van der Waals surface area contributed by atoms with Crippen molar-refractivity contribution in [2.24, 2.45) is 0 Å². The van der Waals surface area contributed by atoms with E-state index in [-0.39, 0.29) is 12.1 Å². The van der Waals surface area contributed by atoms with Gasteiger partial charge < -0.3 is 14.8 Å². The molecule has 2 atom stereocenters. The second-order valence-corrected chi connectivity index (χ2v) is 5.71. The molecule has 1 aromatic rings. The molecule has 0 aromatic heterocycles. The van der Waals surface area contributed by atoms with Gasteiger partial charge in [-0.3, -0.25) is 0 Å². The third-order valence-electron chi connectivity index (χ3n) is 3.42. The Hall–Kier alpha value is -0.580. The van der Waals surface area contributed by atoms with Crippen LogP contribution in [0.4, 0.5) is 0 Å². The van der Waals surface area contributed by atoms with Crippen molar-refractivity contribution >= 4 is 15.9 Å². The fraction of sp³-hybridized carbons (Fsp3) is 0.600. The molecule has 19 heavy (non-hydrogen) atoms. The van der Waals surface area contributed by atoms with Crippen molar-refractivity contribution in [1.82, 2.24) is 5.32 Å². The molecule has 0 amide bonds. The average molecular weight is 328 g/mol. The highest BCUT2D eigenvalue weighted by Gasteiger charge is 2.26. The highest BCUT2D eigenvalue weighted by atomic mass is 79.9. The summed E-state index contributed by atoms with van der Waals surface area (Å²) >= 11 is 3.59. The Morgan fingerprint density at radius 1 is 1.53 bits per heavy atom. The van der Waals surface area contributed by atoms with E-state index < -0.39 is 0 Å². The maximum absolute atomic E-state index is 5.79. The lowest BCUT2D eigenvalue weighted by Crippen LogP contribution is -2.28. The van der Waals surface area contributed by atoms with Gasteiger partial charge in [0.2, 0.25) is 0 Å². The van der Waals surface area contributed by atoms with Crippen LogP contribution in [0.1, 0.15) is 37.8 Å². The molecule has 1 N–H and O–H groups in total. The van der Waals surface area contributed by atoms with Gasteiger partial charge in [0, 0.05) is 6.61 Å². The van der Waals surface area contributed by atoms with E-state index in [1.807, 2.05) is 13.1 Å². The largest absolute Gasteiger partial charge is 0.492 e. The van der Waals surface area contributed by atoms with Gasteiger partial charge in [0.25, 0.3) is 0 Å². The summed E-state index contributed by atoms with van der Waals surface area (Å²) in [5.41, 5.74) is 1.24. The van der Waals surface area contributed by atoms with Crippen LogP contribution in [0.2, 0.25) is 0 Å². The average Bonchev–Trinajstić information content (AvgIpc) is 2.92. The number of nitrogens with one attached hydrogen (secondary N) is 1. The van der Waals surface area contributed by atoms with E-state index in [0.29, 0.717) is 0 Å². The van der Waals surface area contributed by atoms with Crippen molar-refractivity contribution in [2.45, 2.75) is 38.3 Å². The highest BCUT2D eigenvalue weighted by Crippen LogP contribution is 2.32. The van der Waals surface area contributed by atoms with Gasteiger partial charge in [-0.15, -0.1) is 0 Å². The minimum atomic E-state index is 0.249. The summed E-state index contributed by atoms with van der Waals surface area (Å²) in [7, 11) is 1.99. The quantitative estimate of drug-likeness (QED) is 0.864. The van der Waals surface area contributed by atoms with Gasteiger partial charge in [0.15, 0.2) is 0 Å². The molecule has 2 rings (SSSR count). The molecule has 1 aliphatic heterocycles. The van der Waals surface area contributed by atoms with Crippen LogP contribution in [0, 0.1) is 0 Å². The zero-order valence-corrected chi connectivity index (χ0v) is 13.2. The van der Waals surface area contributed by atoms with Crippen LogP contribution in [0.15, 0.2) is 22.7 Å². The molecule has 1 heterocycles. The number of rotatable bonds is 6. The summed E-state index contributed by atoms with van der Waals surface area (Å²) in [5, 5.41) is 3.36. The van der Waals surface area contributed by atoms with Crippen molar-refractivity contribution in [3.63, 3.8) is 0 Å². The predicted octanol–water partition coefficient (Wildman–Crippen LogP) is 3.68. The van der Waals surface area contributed by atoms with Gasteiger partial charge >= 0.3 is 0 Å². The molecule has 0 aliphatic carbocycles. The number of likely N-dealkylation sites (N-methyl/N-ethyl adjacent to an activating group) is 1. The maximum atomic E-state index is 5.79. The van der Waals surface area contributed by atoms with Crippen LogP contribution in [0.3, 0.4) is 0 Å². The van der Waals surface area contributed by atoms with Crippen molar-refractivity contribution in [3.8, 4) is 5.75 Å². The third kappa shape index (κ3) is 3.71. The summed E-state index contributed by atoms with van der Waals surface area (Å²) in [6.07, 6.45) is 3.57. The molecule has 0 radical (unpaired) electrons. The van der Waals surface area contributed by atoms with Crippen LogP contribution in [-0.4, -0.2) is 26.4 Å². The zero-order valence-electron chi connectivity index (χ0n) is 11.6. The Bertz CT molecular complexity index is 405. The minimum Gasteiger partial charge on any atom is -0.492 e. The molecule has 1 aliphatic rings. The normalized spacial score (nSPS) is 20.5. The second-order valence-electron chi connectivity index (χ2n) is 4.86. The van der Waals surface area contributed by atoms with Gasteiger partial charge in [0.05, 0.1) is 23.2 Å². The van der Waals surface area contributed by atoms with Crippen LogP contribution >= 0.6 is 15.9 Å². The molecule has 2 unspecified atom stereocenters. The lowest BCUT2D eigenvalue weighted by atomic mass is 9.99. The molecule has 1 aromatic carbocycles. The first kappa shape index (κ1) is 14.8. The highest BCUT2D eigenvalue weighted by molar-refractivity contribution is 9.10. The van der Waals surface area contributed by atoms with E-state index in [9.17, 15) is 0 Å². The number of benzene rings is 1. The van der Waals surface area contributed by atoms with E-state index in [1.54, 1.807) is 0 Å². The van der Waals surface area contributed by atoms with E-state index >= 15 is 0 Å². The molecule has 1 fully saturated rings. The molecule has 106 valence electrons. The predicted molar refractivity (Wildman–Crippen MR) is 80.7 cm³/mol. The van der Waals surface area contributed by atoms with E-state index in [0.717, 1.165) is 42.7 Å². The first-order valence-corrected chi connectivity index (χ1v) is 7.76. The second kappa shape index (κ2) is 7.27. The monoisotopic (exact) mass is 327 g/mol. The van der Waals surface area contributed by atoms with Gasteiger partial charge in [-0.2, -0.15) is 0 Å². The fourth-order valence-electron chi connectivity index (χ4n) is 2.47. The Morgan fingerprint density at radius 3 is 2.95 bits per heavy atom. The van der Waals surface area contributed by atoms with Crippen LogP contribution < -0.4 is 10.1 Å². The Balaban J connectivity index is 2.12. The van der Waals surface area contributed by atoms with Gasteiger partial charge in [-0.05, 0) is 59.9 Å². The van der Waals surface area contributed by atoms with Crippen LogP contribution in [0.25, 0.3) is 0 Å². The smallest absolute Gasteiger partial charge is 0.133 e. The summed E-state index contributed by atoms with van der Waals surface area (Å²) in [4.78, 5) is 0. The SMILES string of the molecule is CCCOc1ccc(C(NC)C2CCCO2)cc1Br. The third-order valence-corrected chi connectivity index (χ3v) is 4.04. The molecule has 0 bridgehead atoms. The standard InChI is InChI=1S/C15H22BrNO2/c1-3-8-18-13-7-6-11(10-12(13)16)15(17-2)14-5-4-9-19-14/h6-7,10,14-15,17H,3-5,8-9H2,1-2H3. The molecular formula is C15H22BrNO2. The fourth-order valence-corrected chi connectivity index (χ4v) is 2.98. The number of ether oxygens (including phenoxy) is 2. The molecular weight excluding hydrogens is 306 g/mol. The number of hydrogen-bond acceptors (Lipinski definition) is 3. The topological polar surface area (TPSA) is 30.5 Å². The van der Waals surface area contributed by atoms with Crippen molar-refractivity contribution in [1.29, 1.82) is 0 Å². The first-order valence-electron chi connectivity index (χ1n) is 6.97. The molecule has 0 spiro atoms. The number of hydrogen-bond donors (Lipinski definition) is 1. The van der Waals surface area contributed by atoms with Crippen LogP contribution in [0.5, 0.6) is 5.75 Å². The summed E-state index contributed by atoms with van der Waals surface area (Å²) in [5.74, 6) is 0.910. The molecule has 1 saturated heterocycles. The Kier molecular flexibility index (Phi) is 5.67. The van der Waals surface area contributed by atoms with Gasteiger partial charge in [-0.1, -0.05) is 13.0 Å². The molecule has 4 heteroatoms. The minimum absolute atomic E-state index is 0.249.